The molecule has 0 saturated carbocycles. The van der Waals surface area contributed by atoms with Gasteiger partial charge in [0.25, 0.3) is 0 Å². The molecule has 0 bridgehead atoms. The number of rotatable bonds is 2. The van der Waals surface area contributed by atoms with Crippen molar-refractivity contribution in [3.8, 4) is 0 Å². The minimum Gasteiger partial charge on any atom is -0.339 e. The Kier molecular flexibility index (Phi) is 2.24. The van der Waals surface area contributed by atoms with Gasteiger partial charge in [0.05, 0.1) is 5.92 Å². The molecule has 2 unspecified atom stereocenters. The number of nitrogens with zero attached hydrogens (tertiary/aromatic N) is 2. The Morgan fingerprint density at radius 1 is 1.45 bits per heavy atom. The minimum absolute atomic E-state index is 0.0508. The second-order valence-corrected chi connectivity index (χ2v) is 2.83. The molecule has 1 aromatic heterocycles. The zero-order chi connectivity index (χ0) is 8.43. The van der Waals surface area contributed by atoms with Gasteiger partial charge < -0.3 is 10.3 Å². The van der Waals surface area contributed by atoms with E-state index in [1.807, 2.05) is 13.8 Å². The van der Waals surface area contributed by atoms with E-state index >= 15 is 0 Å². The molecular formula is C7H13N3O. The highest BCUT2D eigenvalue weighted by Crippen LogP contribution is 2.14. The van der Waals surface area contributed by atoms with Crippen LogP contribution < -0.4 is 5.73 Å². The first kappa shape index (κ1) is 8.20. The number of hydrogen-bond donors (Lipinski definition) is 1. The molecule has 0 saturated heterocycles. The predicted octanol–water partition coefficient (Wildman–Crippen LogP) is 0.829. The predicted molar refractivity (Wildman–Crippen MR) is 41.1 cm³/mol. The van der Waals surface area contributed by atoms with E-state index in [1.165, 1.54) is 0 Å². The van der Waals surface area contributed by atoms with Crippen molar-refractivity contribution >= 4 is 0 Å². The van der Waals surface area contributed by atoms with Crippen LogP contribution in [0.5, 0.6) is 0 Å². The Balaban J connectivity index is 2.76. The lowest BCUT2D eigenvalue weighted by molar-refractivity contribution is 0.344. The van der Waals surface area contributed by atoms with Gasteiger partial charge in [0.2, 0.25) is 5.89 Å². The van der Waals surface area contributed by atoms with Crippen LogP contribution >= 0.6 is 0 Å². The molecule has 11 heavy (non-hydrogen) atoms. The van der Waals surface area contributed by atoms with Crippen LogP contribution in [0, 0.1) is 6.92 Å². The molecule has 0 amide bonds. The first-order chi connectivity index (χ1) is 5.11. The third kappa shape index (κ3) is 1.77. The quantitative estimate of drug-likeness (QED) is 0.687. The van der Waals surface area contributed by atoms with Crippen molar-refractivity contribution in [2.24, 2.45) is 5.73 Å². The van der Waals surface area contributed by atoms with Gasteiger partial charge in [-0.25, -0.2) is 0 Å². The molecule has 62 valence electrons. The summed E-state index contributed by atoms with van der Waals surface area (Å²) in [4.78, 5) is 4.07. The van der Waals surface area contributed by atoms with Gasteiger partial charge in [0.15, 0.2) is 5.82 Å². The number of aryl methyl sites for hydroxylation is 1. The average molecular weight is 155 g/mol. The molecule has 0 spiro atoms. The Morgan fingerprint density at radius 3 is 2.45 bits per heavy atom. The Labute approximate surface area is 65.8 Å². The van der Waals surface area contributed by atoms with Crippen LogP contribution in [0.3, 0.4) is 0 Å². The van der Waals surface area contributed by atoms with Gasteiger partial charge in [0, 0.05) is 6.04 Å². The molecule has 4 heteroatoms. The van der Waals surface area contributed by atoms with Crippen LogP contribution in [0.4, 0.5) is 0 Å². The van der Waals surface area contributed by atoms with E-state index in [9.17, 15) is 0 Å². The first-order valence-electron chi connectivity index (χ1n) is 3.67. The van der Waals surface area contributed by atoms with E-state index in [-0.39, 0.29) is 12.0 Å². The summed E-state index contributed by atoms with van der Waals surface area (Å²) >= 11 is 0. The smallest absolute Gasteiger partial charge is 0.231 e. The van der Waals surface area contributed by atoms with E-state index in [0.29, 0.717) is 11.7 Å². The zero-order valence-electron chi connectivity index (χ0n) is 7.03. The van der Waals surface area contributed by atoms with Crippen LogP contribution in [0.2, 0.25) is 0 Å². The zero-order valence-corrected chi connectivity index (χ0v) is 7.03. The SMILES string of the molecule is Cc1noc(C(C)C(C)N)n1. The summed E-state index contributed by atoms with van der Waals surface area (Å²) < 4.78 is 4.95. The molecule has 1 heterocycles. The van der Waals surface area contributed by atoms with Crippen LogP contribution in [-0.2, 0) is 0 Å². The molecule has 1 rings (SSSR count). The highest BCUT2D eigenvalue weighted by Gasteiger charge is 2.16. The maximum absolute atomic E-state index is 5.65. The van der Waals surface area contributed by atoms with Crippen LogP contribution in [-0.4, -0.2) is 16.2 Å². The Bertz CT molecular complexity index is 231. The van der Waals surface area contributed by atoms with Crippen molar-refractivity contribution < 1.29 is 4.52 Å². The summed E-state index contributed by atoms with van der Waals surface area (Å²) in [6.45, 7) is 5.68. The molecule has 4 nitrogen and oxygen atoms in total. The van der Waals surface area contributed by atoms with Gasteiger partial charge in [-0.05, 0) is 13.8 Å². The molecule has 0 fully saturated rings. The fourth-order valence-corrected chi connectivity index (χ4v) is 0.723. The van der Waals surface area contributed by atoms with Crippen LogP contribution in [0.25, 0.3) is 0 Å². The lowest BCUT2D eigenvalue weighted by atomic mass is 10.1. The van der Waals surface area contributed by atoms with E-state index < -0.39 is 0 Å². The molecule has 2 atom stereocenters. The largest absolute Gasteiger partial charge is 0.339 e. The number of hydrogen-bond acceptors (Lipinski definition) is 4. The second kappa shape index (κ2) is 3.00. The van der Waals surface area contributed by atoms with Crippen LogP contribution in [0.1, 0.15) is 31.5 Å². The van der Waals surface area contributed by atoms with Crippen molar-refractivity contribution in [3.63, 3.8) is 0 Å². The van der Waals surface area contributed by atoms with Gasteiger partial charge in [-0.3, -0.25) is 0 Å². The van der Waals surface area contributed by atoms with E-state index in [0.717, 1.165) is 0 Å². The standard InChI is InChI=1S/C7H13N3O/c1-4(5(2)8)7-9-6(3)10-11-7/h4-5H,8H2,1-3H3. The summed E-state index contributed by atoms with van der Waals surface area (Å²) in [7, 11) is 0. The third-order valence-corrected chi connectivity index (χ3v) is 1.72. The maximum atomic E-state index is 5.65. The number of nitrogens with two attached hydrogens (primary N) is 1. The van der Waals surface area contributed by atoms with Crippen molar-refractivity contribution in [2.45, 2.75) is 32.7 Å². The van der Waals surface area contributed by atoms with Crippen molar-refractivity contribution in [1.29, 1.82) is 0 Å². The molecule has 0 radical (unpaired) electrons. The van der Waals surface area contributed by atoms with E-state index in [4.69, 9.17) is 10.3 Å². The summed E-state index contributed by atoms with van der Waals surface area (Å²) in [5.74, 6) is 1.42. The highest BCUT2D eigenvalue weighted by molar-refractivity contribution is 4.93. The molecule has 2 N–H and O–H groups in total. The maximum Gasteiger partial charge on any atom is 0.231 e. The van der Waals surface area contributed by atoms with Gasteiger partial charge in [-0.1, -0.05) is 12.1 Å². The third-order valence-electron chi connectivity index (χ3n) is 1.72. The molecule has 0 aliphatic rings. The first-order valence-corrected chi connectivity index (χ1v) is 3.67. The normalized spacial score (nSPS) is 16.4. The van der Waals surface area contributed by atoms with Crippen molar-refractivity contribution in [1.82, 2.24) is 10.1 Å². The van der Waals surface area contributed by atoms with E-state index in [1.54, 1.807) is 6.92 Å². The molecular weight excluding hydrogens is 142 g/mol. The Morgan fingerprint density at radius 2 is 2.09 bits per heavy atom. The minimum atomic E-state index is 0.0508. The van der Waals surface area contributed by atoms with Crippen molar-refractivity contribution in [2.75, 3.05) is 0 Å². The van der Waals surface area contributed by atoms with Gasteiger partial charge in [-0.2, -0.15) is 4.98 Å². The topological polar surface area (TPSA) is 64.9 Å². The highest BCUT2D eigenvalue weighted by atomic mass is 16.5. The Hall–Kier alpha value is -0.900. The number of aromatic nitrogens is 2. The lowest BCUT2D eigenvalue weighted by Crippen LogP contribution is -2.22. The lowest BCUT2D eigenvalue weighted by Gasteiger charge is -2.08. The fourth-order valence-electron chi connectivity index (χ4n) is 0.723. The molecule has 1 aromatic rings. The van der Waals surface area contributed by atoms with Gasteiger partial charge in [-0.15, -0.1) is 0 Å². The molecule has 0 aliphatic carbocycles. The summed E-state index contributed by atoms with van der Waals surface area (Å²) in [5, 5.41) is 3.68. The molecule has 0 aromatic carbocycles. The van der Waals surface area contributed by atoms with Crippen molar-refractivity contribution in [3.05, 3.63) is 11.7 Å². The van der Waals surface area contributed by atoms with E-state index in [2.05, 4.69) is 10.1 Å². The second-order valence-electron chi connectivity index (χ2n) is 2.83. The average Bonchev–Trinajstić information content (AvgIpc) is 2.34. The molecule has 0 aliphatic heterocycles. The summed E-state index contributed by atoms with van der Waals surface area (Å²) in [6, 6.07) is 0.0508. The fraction of sp³-hybridized carbons (Fsp3) is 0.714. The van der Waals surface area contributed by atoms with Crippen LogP contribution in [0.15, 0.2) is 4.52 Å². The van der Waals surface area contributed by atoms with Gasteiger partial charge >= 0.3 is 0 Å². The summed E-state index contributed by atoms with van der Waals surface area (Å²) in [5.41, 5.74) is 5.65. The monoisotopic (exact) mass is 155 g/mol. The van der Waals surface area contributed by atoms with Gasteiger partial charge in [0.1, 0.15) is 0 Å². The summed E-state index contributed by atoms with van der Waals surface area (Å²) in [6.07, 6.45) is 0.